The number of para-hydroxylation sites is 1. The Bertz CT molecular complexity index is 527. The van der Waals surface area contributed by atoms with Gasteiger partial charge in [0.25, 0.3) is 5.69 Å². The summed E-state index contributed by atoms with van der Waals surface area (Å²) in [5.74, 6) is -0.489. The minimum Gasteiger partial charge on any atom is -0.392 e. The molecule has 1 unspecified atom stereocenters. The van der Waals surface area contributed by atoms with Crippen LogP contribution in [0.25, 0.3) is 0 Å². The lowest BCUT2D eigenvalue weighted by molar-refractivity contribution is -0.385. The Kier molecular flexibility index (Phi) is 4.76. The second-order valence-corrected chi connectivity index (χ2v) is 5.65. The zero-order valence-electron chi connectivity index (χ0n) is 9.74. The third kappa shape index (κ3) is 4.40. The van der Waals surface area contributed by atoms with E-state index in [-0.39, 0.29) is 17.8 Å². The highest BCUT2D eigenvalue weighted by Gasteiger charge is 2.19. The number of nitro groups is 1. The van der Waals surface area contributed by atoms with Gasteiger partial charge in [-0.25, -0.2) is 13.1 Å². The van der Waals surface area contributed by atoms with E-state index in [0.717, 1.165) is 0 Å². The Balaban J connectivity index is 2.87. The molecule has 1 atom stereocenters. The third-order valence-electron chi connectivity index (χ3n) is 2.13. The maximum absolute atomic E-state index is 11.6. The summed E-state index contributed by atoms with van der Waals surface area (Å²) >= 11 is 0. The molecule has 1 aromatic carbocycles. The van der Waals surface area contributed by atoms with Crippen LogP contribution in [0.4, 0.5) is 5.69 Å². The standard InChI is InChI=1S/C10H14N2O5S/c1-8(13)6-11-18(16,17)7-9-4-2-3-5-10(9)12(14)15/h2-5,8,11,13H,6-7H2,1H3. The summed E-state index contributed by atoms with van der Waals surface area (Å²) in [5, 5.41) is 19.7. The molecule has 0 aliphatic rings. The van der Waals surface area contributed by atoms with Crippen LogP contribution in [-0.2, 0) is 15.8 Å². The van der Waals surface area contributed by atoms with Gasteiger partial charge < -0.3 is 5.11 Å². The molecule has 0 amide bonds. The number of aliphatic hydroxyl groups excluding tert-OH is 1. The fourth-order valence-corrected chi connectivity index (χ4v) is 2.57. The van der Waals surface area contributed by atoms with Crippen molar-refractivity contribution in [1.82, 2.24) is 4.72 Å². The van der Waals surface area contributed by atoms with Crippen molar-refractivity contribution < 1.29 is 18.4 Å². The number of sulfonamides is 1. The summed E-state index contributed by atoms with van der Waals surface area (Å²) in [6.45, 7) is 1.32. The third-order valence-corrected chi connectivity index (χ3v) is 3.43. The zero-order chi connectivity index (χ0) is 13.8. The van der Waals surface area contributed by atoms with Crippen LogP contribution in [0.5, 0.6) is 0 Å². The number of nitro benzene ring substituents is 1. The van der Waals surface area contributed by atoms with Gasteiger partial charge in [0, 0.05) is 18.2 Å². The molecule has 2 N–H and O–H groups in total. The highest BCUT2D eigenvalue weighted by Crippen LogP contribution is 2.19. The van der Waals surface area contributed by atoms with Crippen LogP contribution >= 0.6 is 0 Å². The minimum absolute atomic E-state index is 0.112. The van der Waals surface area contributed by atoms with Crippen LogP contribution in [-0.4, -0.2) is 31.1 Å². The van der Waals surface area contributed by atoms with Gasteiger partial charge in [0.15, 0.2) is 0 Å². The SMILES string of the molecule is CC(O)CNS(=O)(=O)Cc1ccccc1[N+](=O)[O-]. The van der Waals surface area contributed by atoms with Gasteiger partial charge in [0.2, 0.25) is 10.0 Å². The van der Waals surface area contributed by atoms with E-state index in [1.807, 2.05) is 0 Å². The quantitative estimate of drug-likeness (QED) is 0.576. The number of hydrogen-bond donors (Lipinski definition) is 2. The summed E-state index contributed by atoms with van der Waals surface area (Å²) in [7, 11) is -3.70. The Morgan fingerprint density at radius 1 is 1.44 bits per heavy atom. The number of aliphatic hydroxyl groups is 1. The molecule has 18 heavy (non-hydrogen) atoms. The van der Waals surface area contributed by atoms with E-state index in [2.05, 4.69) is 4.72 Å². The van der Waals surface area contributed by atoms with Crippen molar-refractivity contribution in [2.24, 2.45) is 0 Å². The molecule has 0 radical (unpaired) electrons. The van der Waals surface area contributed by atoms with Crippen molar-refractivity contribution in [3.05, 3.63) is 39.9 Å². The molecular weight excluding hydrogens is 260 g/mol. The second-order valence-electron chi connectivity index (χ2n) is 3.84. The molecule has 0 fully saturated rings. The molecule has 0 saturated heterocycles. The predicted octanol–water partition coefficient (Wildman–Crippen LogP) is 0.395. The largest absolute Gasteiger partial charge is 0.392 e. The zero-order valence-corrected chi connectivity index (χ0v) is 10.6. The topological polar surface area (TPSA) is 110 Å². The summed E-state index contributed by atoms with van der Waals surface area (Å²) in [6.07, 6.45) is -0.814. The van der Waals surface area contributed by atoms with E-state index in [0.29, 0.717) is 0 Å². The lowest BCUT2D eigenvalue weighted by atomic mass is 10.2. The molecule has 0 bridgehead atoms. The molecule has 0 aliphatic carbocycles. The van der Waals surface area contributed by atoms with E-state index < -0.39 is 26.8 Å². The van der Waals surface area contributed by atoms with Crippen molar-refractivity contribution in [3.63, 3.8) is 0 Å². The molecule has 1 rings (SSSR count). The summed E-state index contributed by atoms with van der Waals surface area (Å²) in [4.78, 5) is 10.1. The van der Waals surface area contributed by atoms with Gasteiger partial charge >= 0.3 is 0 Å². The van der Waals surface area contributed by atoms with Gasteiger partial charge in [-0.1, -0.05) is 18.2 Å². The molecule has 0 spiro atoms. The molecule has 0 heterocycles. The van der Waals surface area contributed by atoms with Gasteiger partial charge in [0.05, 0.1) is 16.8 Å². The minimum atomic E-state index is -3.70. The Hall–Kier alpha value is -1.51. The van der Waals surface area contributed by atoms with Crippen molar-refractivity contribution >= 4 is 15.7 Å². The summed E-state index contributed by atoms with van der Waals surface area (Å²) in [6, 6.07) is 5.64. The van der Waals surface area contributed by atoms with Crippen molar-refractivity contribution in [2.45, 2.75) is 18.8 Å². The number of nitrogens with zero attached hydrogens (tertiary/aromatic N) is 1. The van der Waals surface area contributed by atoms with Crippen molar-refractivity contribution in [1.29, 1.82) is 0 Å². The summed E-state index contributed by atoms with van der Waals surface area (Å²) in [5.41, 5.74) is -0.125. The maximum atomic E-state index is 11.6. The maximum Gasteiger partial charge on any atom is 0.273 e. The first-order valence-electron chi connectivity index (χ1n) is 5.19. The van der Waals surface area contributed by atoms with Crippen molar-refractivity contribution in [2.75, 3.05) is 6.54 Å². The second kappa shape index (κ2) is 5.89. The molecule has 8 heteroatoms. The van der Waals surface area contributed by atoms with Crippen LogP contribution < -0.4 is 4.72 Å². The predicted molar refractivity (Wildman–Crippen MR) is 65.4 cm³/mol. The number of nitrogens with one attached hydrogen (secondary N) is 1. The first kappa shape index (κ1) is 14.6. The van der Waals surface area contributed by atoms with Gasteiger partial charge in [-0.2, -0.15) is 0 Å². The molecule has 0 aliphatic heterocycles. The van der Waals surface area contributed by atoms with E-state index in [1.54, 1.807) is 0 Å². The molecule has 7 nitrogen and oxygen atoms in total. The van der Waals surface area contributed by atoms with E-state index in [9.17, 15) is 18.5 Å². The number of benzene rings is 1. The monoisotopic (exact) mass is 274 g/mol. The van der Waals surface area contributed by atoms with Crippen LogP contribution in [0.1, 0.15) is 12.5 Å². The molecule has 1 aromatic rings. The smallest absolute Gasteiger partial charge is 0.273 e. The first-order valence-corrected chi connectivity index (χ1v) is 6.85. The Morgan fingerprint density at radius 3 is 2.61 bits per heavy atom. The number of hydrogen-bond acceptors (Lipinski definition) is 5. The molecule has 100 valence electrons. The number of rotatable bonds is 6. The Labute approximate surface area is 105 Å². The Morgan fingerprint density at radius 2 is 2.06 bits per heavy atom. The van der Waals surface area contributed by atoms with Gasteiger partial charge in [-0.15, -0.1) is 0 Å². The van der Waals surface area contributed by atoms with Gasteiger partial charge in [0.1, 0.15) is 0 Å². The molecular formula is C10H14N2O5S. The highest BCUT2D eigenvalue weighted by atomic mass is 32.2. The van der Waals surface area contributed by atoms with Crippen molar-refractivity contribution in [3.8, 4) is 0 Å². The summed E-state index contributed by atoms with van der Waals surface area (Å²) < 4.78 is 25.4. The van der Waals surface area contributed by atoms with Crippen LogP contribution in [0, 0.1) is 10.1 Å². The molecule has 0 saturated carbocycles. The highest BCUT2D eigenvalue weighted by molar-refractivity contribution is 7.88. The van der Waals surface area contributed by atoms with E-state index in [4.69, 9.17) is 5.11 Å². The average molecular weight is 274 g/mol. The first-order chi connectivity index (χ1) is 8.32. The van der Waals surface area contributed by atoms with Crippen LogP contribution in [0.2, 0.25) is 0 Å². The lowest BCUT2D eigenvalue weighted by Crippen LogP contribution is -2.31. The van der Waals surface area contributed by atoms with E-state index in [1.165, 1.54) is 31.2 Å². The average Bonchev–Trinajstić information content (AvgIpc) is 2.26. The fourth-order valence-electron chi connectivity index (χ4n) is 1.31. The van der Waals surface area contributed by atoms with Gasteiger partial charge in [-0.3, -0.25) is 10.1 Å². The van der Waals surface area contributed by atoms with E-state index >= 15 is 0 Å². The fraction of sp³-hybridized carbons (Fsp3) is 0.400. The van der Waals surface area contributed by atoms with Crippen LogP contribution in [0.15, 0.2) is 24.3 Å². The lowest BCUT2D eigenvalue weighted by Gasteiger charge is -2.08. The van der Waals surface area contributed by atoms with Gasteiger partial charge in [-0.05, 0) is 6.92 Å². The normalized spacial score (nSPS) is 13.2. The molecule has 0 aromatic heterocycles. The van der Waals surface area contributed by atoms with Crippen LogP contribution in [0.3, 0.4) is 0 Å².